The minimum absolute atomic E-state index is 0.0893. The fraction of sp³-hybridized carbons (Fsp3) is 0.240. The lowest BCUT2D eigenvalue weighted by Crippen LogP contribution is -2.51. The summed E-state index contributed by atoms with van der Waals surface area (Å²) in [6.45, 7) is 5.77. The monoisotopic (exact) mass is 484 g/mol. The van der Waals surface area contributed by atoms with E-state index >= 15 is 0 Å². The van der Waals surface area contributed by atoms with Gasteiger partial charge in [-0.3, -0.25) is 9.10 Å². The maximum atomic E-state index is 13.4. The molecule has 1 heterocycles. The largest absolute Gasteiger partial charge is 0.476 e. The Bertz CT molecular complexity index is 1290. The smallest absolute Gasteiger partial charge is 0.264 e. The Hall–Kier alpha value is -3.03. The molecule has 1 aliphatic rings. The number of amides is 1. The summed E-state index contributed by atoms with van der Waals surface area (Å²) >= 11 is 5.93. The third-order valence-corrected chi connectivity index (χ3v) is 7.73. The number of sulfonamides is 1. The van der Waals surface area contributed by atoms with Crippen LogP contribution in [-0.4, -0.2) is 27.0 Å². The highest BCUT2D eigenvalue weighted by Gasteiger charge is 2.37. The van der Waals surface area contributed by atoms with Gasteiger partial charge in [-0.25, -0.2) is 8.42 Å². The van der Waals surface area contributed by atoms with Crippen LogP contribution in [0.4, 0.5) is 5.69 Å². The van der Waals surface area contributed by atoms with Crippen molar-refractivity contribution >= 4 is 33.2 Å². The summed E-state index contributed by atoms with van der Waals surface area (Å²) in [6, 6.07) is 18.5. The summed E-state index contributed by atoms with van der Waals surface area (Å²) < 4.78 is 34.0. The van der Waals surface area contributed by atoms with Crippen molar-refractivity contribution in [3.8, 4) is 5.75 Å². The number of hydrogen-bond donors (Lipinski definition) is 1. The van der Waals surface area contributed by atoms with Gasteiger partial charge in [0.1, 0.15) is 5.75 Å². The Kier molecular flexibility index (Phi) is 6.36. The molecule has 0 saturated heterocycles. The lowest BCUT2D eigenvalue weighted by molar-refractivity contribution is -0.128. The van der Waals surface area contributed by atoms with Crippen LogP contribution in [0.15, 0.2) is 71.6 Å². The number of para-hydroxylation sites is 2. The zero-order chi connectivity index (χ0) is 23.8. The molecule has 0 saturated carbocycles. The van der Waals surface area contributed by atoms with E-state index in [1.807, 2.05) is 32.9 Å². The minimum atomic E-state index is -3.94. The van der Waals surface area contributed by atoms with Gasteiger partial charge < -0.3 is 10.1 Å². The molecule has 0 aliphatic carbocycles. The average molecular weight is 485 g/mol. The molecule has 33 heavy (non-hydrogen) atoms. The summed E-state index contributed by atoms with van der Waals surface area (Å²) in [4.78, 5) is 13.2. The Morgan fingerprint density at radius 3 is 2.48 bits per heavy atom. The number of carbonyl (C=O) groups excluding carboxylic acids is 1. The molecular weight excluding hydrogens is 460 g/mol. The Labute approximate surface area is 199 Å². The van der Waals surface area contributed by atoms with Crippen LogP contribution >= 0.6 is 11.6 Å². The number of aryl methyl sites for hydroxylation is 2. The summed E-state index contributed by atoms with van der Waals surface area (Å²) in [5.41, 5.74) is 3.60. The van der Waals surface area contributed by atoms with E-state index in [2.05, 4.69) is 11.4 Å². The zero-order valence-corrected chi connectivity index (χ0v) is 20.2. The second-order valence-electron chi connectivity index (χ2n) is 8.15. The molecule has 172 valence electrons. The SMILES string of the molecule is Cc1ccc([C@H](C)NC(=O)[C@@H]2CN(S(=O)(=O)c3ccc(Cl)cc3)c3ccccc3O2)c(C)c1. The topological polar surface area (TPSA) is 75.7 Å². The first-order chi connectivity index (χ1) is 15.7. The fourth-order valence-electron chi connectivity index (χ4n) is 4.00. The molecule has 3 aromatic carbocycles. The normalized spacial score (nSPS) is 16.5. The molecule has 6 nitrogen and oxygen atoms in total. The number of halogens is 1. The second kappa shape index (κ2) is 9.08. The molecule has 0 aromatic heterocycles. The number of nitrogens with one attached hydrogen (secondary N) is 1. The van der Waals surface area contributed by atoms with Crippen molar-refractivity contribution in [2.24, 2.45) is 0 Å². The number of rotatable bonds is 5. The summed E-state index contributed by atoms with van der Waals surface area (Å²) in [5, 5.41) is 3.41. The molecule has 0 unspecified atom stereocenters. The summed E-state index contributed by atoms with van der Waals surface area (Å²) in [5.74, 6) is -0.0473. The van der Waals surface area contributed by atoms with Crippen molar-refractivity contribution < 1.29 is 17.9 Å². The van der Waals surface area contributed by atoms with Gasteiger partial charge in [0.05, 0.1) is 23.2 Å². The van der Waals surface area contributed by atoms with E-state index in [4.69, 9.17) is 16.3 Å². The maximum absolute atomic E-state index is 13.4. The number of ether oxygens (including phenoxy) is 1. The predicted molar refractivity (Wildman–Crippen MR) is 129 cm³/mol. The van der Waals surface area contributed by atoms with Gasteiger partial charge in [0.15, 0.2) is 6.10 Å². The highest BCUT2D eigenvalue weighted by atomic mass is 35.5. The van der Waals surface area contributed by atoms with Crippen LogP contribution in [0, 0.1) is 13.8 Å². The first-order valence-electron chi connectivity index (χ1n) is 10.6. The van der Waals surface area contributed by atoms with Crippen LogP contribution in [0.25, 0.3) is 0 Å². The first kappa shape index (κ1) is 23.1. The summed E-state index contributed by atoms with van der Waals surface area (Å²) in [7, 11) is -3.94. The fourth-order valence-corrected chi connectivity index (χ4v) is 5.60. The van der Waals surface area contributed by atoms with Crippen molar-refractivity contribution in [1.82, 2.24) is 5.32 Å². The van der Waals surface area contributed by atoms with Gasteiger partial charge in [-0.15, -0.1) is 0 Å². The van der Waals surface area contributed by atoms with E-state index in [1.54, 1.807) is 24.3 Å². The molecule has 0 bridgehead atoms. The van der Waals surface area contributed by atoms with E-state index in [9.17, 15) is 13.2 Å². The molecular formula is C25H25ClN2O4S. The van der Waals surface area contributed by atoms with Gasteiger partial charge >= 0.3 is 0 Å². The Morgan fingerprint density at radius 1 is 1.09 bits per heavy atom. The molecule has 2 atom stereocenters. The van der Waals surface area contributed by atoms with Gasteiger partial charge in [0.25, 0.3) is 15.9 Å². The molecule has 0 spiro atoms. The Morgan fingerprint density at radius 2 is 1.79 bits per heavy atom. The standard InChI is InChI=1S/C25H25ClN2O4S/c1-16-8-13-21(17(2)14-16)18(3)27-25(29)24-15-28(22-6-4-5-7-23(22)32-24)33(30,31)20-11-9-19(26)10-12-20/h4-14,18,24H,15H2,1-3H3,(H,27,29)/t18-,24-/m0/s1. The van der Waals surface area contributed by atoms with Crippen molar-refractivity contribution in [3.05, 3.63) is 88.4 Å². The zero-order valence-electron chi connectivity index (χ0n) is 18.6. The first-order valence-corrected chi connectivity index (χ1v) is 12.4. The lowest BCUT2D eigenvalue weighted by atomic mass is 10.00. The molecule has 1 N–H and O–H groups in total. The van der Waals surface area contributed by atoms with Crippen molar-refractivity contribution in [1.29, 1.82) is 0 Å². The molecule has 0 radical (unpaired) electrons. The maximum Gasteiger partial charge on any atom is 0.264 e. The van der Waals surface area contributed by atoms with Crippen molar-refractivity contribution in [2.75, 3.05) is 10.8 Å². The van der Waals surface area contributed by atoms with Gasteiger partial charge in [0, 0.05) is 5.02 Å². The summed E-state index contributed by atoms with van der Waals surface area (Å²) in [6.07, 6.45) is -1.00. The number of fused-ring (bicyclic) bond motifs is 1. The number of anilines is 1. The van der Waals surface area contributed by atoms with E-state index < -0.39 is 16.1 Å². The molecule has 0 fully saturated rings. The number of carbonyl (C=O) groups is 1. The Balaban J connectivity index is 1.62. The van der Waals surface area contributed by atoms with Crippen LogP contribution in [0.1, 0.15) is 29.7 Å². The molecule has 1 aliphatic heterocycles. The van der Waals surface area contributed by atoms with Crippen LogP contribution in [0.5, 0.6) is 5.75 Å². The molecule has 1 amide bonds. The van der Waals surface area contributed by atoms with Gasteiger partial charge in [-0.2, -0.15) is 0 Å². The third kappa shape index (κ3) is 4.70. The van der Waals surface area contributed by atoms with E-state index in [-0.39, 0.29) is 23.4 Å². The number of hydrogen-bond acceptors (Lipinski definition) is 4. The quantitative estimate of drug-likeness (QED) is 0.565. The number of nitrogens with zero attached hydrogens (tertiary/aromatic N) is 1. The molecule has 3 aromatic rings. The van der Waals surface area contributed by atoms with Gasteiger partial charge in [-0.1, -0.05) is 47.5 Å². The van der Waals surface area contributed by atoms with Crippen molar-refractivity contribution in [2.45, 2.75) is 37.8 Å². The number of benzene rings is 3. The van der Waals surface area contributed by atoms with E-state index in [0.717, 1.165) is 16.7 Å². The van der Waals surface area contributed by atoms with E-state index in [1.165, 1.54) is 28.6 Å². The lowest BCUT2D eigenvalue weighted by Gasteiger charge is -2.35. The third-order valence-electron chi connectivity index (χ3n) is 5.68. The molecule has 8 heteroatoms. The molecule has 4 rings (SSSR count). The highest BCUT2D eigenvalue weighted by Crippen LogP contribution is 2.37. The van der Waals surface area contributed by atoms with Gasteiger partial charge in [-0.05, 0) is 68.3 Å². The van der Waals surface area contributed by atoms with Gasteiger partial charge in [0.2, 0.25) is 0 Å². The highest BCUT2D eigenvalue weighted by molar-refractivity contribution is 7.92. The van der Waals surface area contributed by atoms with Crippen LogP contribution in [0.3, 0.4) is 0 Å². The van der Waals surface area contributed by atoms with E-state index in [0.29, 0.717) is 16.5 Å². The minimum Gasteiger partial charge on any atom is -0.476 e. The predicted octanol–water partition coefficient (Wildman–Crippen LogP) is 4.79. The van der Waals surface area contributed by atoms with Crippen LogP contribution in [0.2, 0.25) is 5.02 Å². The second-order valence-corrected chi connectivity index (χ2v) is 10.5. The van der Waals surface area contributed by atoms with Crippen LogP contribution < -0.4 is 14.4 Å². The average Bonchev–Trinajstić information content (AvgIpc) is 2.78. The van der Waals surface area contributed by atoms with Crippen LogP contribution in [-0.2, 0) is 14.8 Å². The van der Waals surface area contributed by atoms with Crippen molar-refractivity contribution in [3.63, 3.8) is 0 Å².